The van der Waals surface area contributed by atoms with Crippen molar-refractivity contribution in [2.75, 3.05) is 0 Å². The first-order chi connectivity index (χ1) is 28.7. The second-order valence-electron chi connectivity index (χ2n) is 14.3. The molecule has 0 saturated carbocycles. The Hall–Kier alpha value is -7.70. The summed E-state index contributed by atoms with van der Waals surface area (Å²) in [5, 5.41) is 9.60. The van der Waals surface area contributed by atoms with Crippen molar-refractivity contribution in [2.45, 2.75) is 12.3 Å². The average Bonchev–Trinajstić information content (AvgIpc) is 3.32. The fourth-order valence-corrected chi connectivity index (χ4v) is 7.66. The van der Waals surface area contributed by atoms with Crippen LogP contribution in [0, 0.1) is 0 Å². The number of aliphatic imine (C=N–C) groups is 4. The van der Waals surface area contributed by atoms with E-state index in [0.717, 1.165) is 61.7 Å². The first-order valence-electron chi connectivity index (χ1n) is 19.5. The van der Waals surface area contributed by atoms with E-state index in [9.17, 15) is 0 Å². The summed E-state index contributed by atoms with van der Waals surface area (Å²) in [7, 11) is 0. The van der Waals surface area contributed by atoms with Gasteiger partial charge in [-0.3, -0.25) is 0 Å². The van der Waals surface area contributed by atoms with Crippen LogP contribution in [0.15, 0.2) is 226 Å². The Morgan fingerprint density at radius 1 is 0.328 bits per heavy atom. The molecular formula is C52H38N6. The van der Waals surface area contributed by atoms with Gasteiger partial charge in [0, 0.05) is 22.3 Å². The second kappa shape index (κ2) is 15.4. The molecule has 58 heavy (non-hydrogen) atoms. The number of nitrogens with one attached hydrogen (secondary N) is 2. The molecule has 0 fully saturated rings. The normalized spacial score (nSPS) is 16.3. The molecule has 0 bridgehead atoms. The lowest BCUT2D eigenvalue weighted by molar-refractivity contribution is 0.674. The first kappa shape index (κ1) is 34.8. The predicted molar refractivity (Wildman–Crippen MR) is 238 cm³/mol. The molecular weight excluding hydrogens is 709 g/mol. The SMILES string of the molecule is c1ccc(C2=NC(c3ccccc3)NC(c3ccc(-c4ccc5ccccc5c4-c4ccc(C5=NC(c6ccccc6)=NC(c6ccccc6)N5)cc4)cc3)=N2)cc1. The van der Waals surface area contributed by atoms with E-state index in [1.807, 2.05) is 72.8 Å². The quantitative estimate of drug-likeness (QED) is 0.162. The Bertz CT molecular complexity index is 2850. The highest BCUT2D eigenvalue weighted by Crippen LogP contribution is 2.39. The zero-order valence-corrected chi connectivity index (χ0v) is 31.6. The molecule has 10 rings (SSSR count). The van der Waals surface area contributed by atoms with Crippen LogP contribution in [0.2, 0.25) is 0 Å². The maximum absolute atomic E-state index is 5.04. The Morgan fingerprint density at radius 2 is 0.741 bits per heavy atom. The summed E-state index contributed by atoms with van der Waals surface area (Å²) in [5.74, 6) is 3.00. The fourth-order valence-electron chi connectivity index (χ4n) is 7.66. The molecule has 2 heterocycles. The van der Waals surface area contributed by atoms with Crippen LogP contribution in [-0.2, 0) is 0 Å². The van der Waals surface area contributed by atoms with Crippen molar-refractivity contribution in [3.05, 3.63) is 240 Å². The molecule has 0 spiro atoms. The summed E-state index contributed by atoms with van der Waals surface area (Å²) < 4.78 is 0. The molecule has 2 unspecified atom stereocenters. The monoisotopic (exact) mass is 746 g/mol. The van der Waals surface area contributed by atoms with Gasteiger partial charge in [0.25, 0.3) is 0 Å². The Morgan fingerprint density at radius 3 is 1.24 bits per heavy atom. The fraction of sp³-hybridized carbons (Fsp3) is 0.0385. The van der Waals surface area contributed by atoms with Crippen molar-refractivity contribution in [1.29, 1.82) is 0 Å². The topological polar surface area (TPSA) is 73.5 Å². The molecule has 0 aliphatic carbocycles. The number of fused-ring (bicyclic) bond motifs is 1. The van der Waals surface area contributed by atoms with Gasteiger partial charge in [-0.2, -0.15) is 0 Å². The van der Waals surface area contributed by atoms with Gasteiger partial charge in [0.1, 0.15) is 24.0 Å². The number of rotatable bonds is 8. The molecule has 2 N–H and O–H groups in total. The minimum Gasteiger partial charge on any atom is -0.344 e. The van der Waals surface area contributed by atoms with Crippen molar-refractivity contribution in [1.82, 2.24) is 10.6 Å². The van der Waals surface area contributed by atoms with E-state index in [4.69, 9.17) is 20.0 Å². The standard InChI is InChI=1S/C52H38N6/c1-5-16-38(17-6-1)47-53-48(39-18-7-2-8-19-39)56-51(55-47)42-29-25-36(26-30-42)45-34-33-35-15-13-14-24-44(35)46(45)37-27-31-43(32-28-37)52-57-49(40-20-9-3-10-21-40)54-50(58-52)41-22-11-4-12-23-41/h1-34,47,49H,(H,53,55,56)(H,54,57,58). The lowest BCUT2D eigenvalue weighted by Gasteiger charge is -2.24. The van der Waals surface area contributed by atoms with E-state index < -0.39 is 0 Å². The highest BCUT2D eigenvalue weighted by atomic mass is 15.2. The summed E-state index contributed by atoms with van der Waals surface area (Å²) in [6, 6.07) is 71.5. The zero-order valence-electron chi connectivity index (χ0n) is 31.6. The molecule has 8 aromatic rings. The van der Waals surface area contributed by atoms with Crippen LogP contribution >= 0.6 is 0 Å². The largest absolute Gasteiger partial charge is 0.344 e. The molecule has 2 atom stereocenters. The highest BCUT2D eigenvalue weighted by Gasteiger charge is 2.23. The van der Waals surface area contributed by atoms with Gasteiger partial charge in [0.05, 0.1) is 0 Å². The van der Waals surface area contributed by atoms with Crippen molar-refractivity contribution < 1.29 is 0 Å². The molecule has 2 aliphatic rings. The molecule has 0 radical (unpaired) electrons. The number of amidine groups is 4. The molecule has 276 valence electrons. The first-order valence-corrected chi connectivity index (χ1v) is 19.5. The van der Waals surface area contributed by atoms with Crippen LogP contribution in [0.3, 0.4) is 0 Å². The minimum atomic E-state index is -0.257. The minimum absolute atomic E-state index is 0.255. The van der Waals surface area contributed by atoms with Crippen molar-refractivity contribution in [3.8, 4) is 22.3 Å². The third-order valence-corrected chi connectivity index (χ3v) is 10.6. The second-order valence-corrected chi connectivity index (χ2v) is 14.3. The predicted octanol–water partition coefficient (Wildman–Crippen LogP) is 11.2. The summed E-state index contributed by atoms with van der Waals surface area (Å²) in [6.07, 6.45) is -0.512. The van der Waals surface area contributed by atoms with Crippen LogP contribution in [0.5, 0.6) is 0 Å². The van der Waals surface area contributed by atoms with Gasteiger partial charge in [-0.25, -0.2) is 20.0 Å². The van der Waals surface area contributed by atoms with E-state index in [-0.39, 0.29) is 12.3 Å². The van der Waals surface area contributed by atoms with Gasteiger partial charge in [0.2, 0.25) is 0 Å². The van der Waals surface area contributed by atoms with Crippen LogP contribution < -0.4 is 10.6 Å². The molecule has 2 aliphatic heterocycles. The number of nitrogens with zero attached hydrogens (tertiary/aromatic N) is 4. The molecule has 6 heteroatoms. The average molecular weight is 747 g/mol. The highest BCUT2D eigenvalue weighted by molar-refractivity contribution is 6.14. The van der Waals surface area contributed by atoms with Crippen LogP contribution in [0.4, 0.5) is 0 Å². The molecule has 0 amide bonds. The Balaban J connectivity index is 0.999. The summed E-state index contributed by atoms with van der Waals surface area (Å²) in [6.45, 7) is 0. The van der Waals surface area contributed by atoms with E-state index in [2.05, 4.69) is 144 Å². The van der Waals surface area contributed by atoms with E-state index >= 15 is 0 Å². The summed E-state index contributed by atoms with van der Waals surface area (Å²) in [4.78, 5) is 20.1. The van der Waals surface area contributed by atoms with Crippen molar-refractivity contribution >= 4 is 34.1 Å². The van der Waals surface area contributed by atoms with Crippen molar-refractivity contribution in [2.24, 2.45) is 20.0 Å². The number of hydrogen-bond donors (Lipinski definition) is 2. The van der Waals surface area contributed by atoms with E-state index in [1.165, 1.54) is 16.3 Å². The maximum atomic E-state index is 5.04. The van der Waals surface area contributed by atoms with Crippen molar-refractivity contribution in [3.63, 3.8) is 0 Å². The van der Waals surface area contributed by atoms with Crippen LogP contribution in [0.1, 0.15) is 45.7 Å². The molecule has 0 saturated heterocycles. The van der Waals surface area contributed by atoms with Gasteiger partial charge in [-0.15, -0.1) is 0 Å². The van der Waals surface area contributed by atoms with Gasteiger partial charge < -0.3 is 10.6 Å². The van der Waals surface area contributed by atoms with Gasteiger partial charge in [-0.05, 0) is 44.2 Å². The van der Waals surface area contributed by atoms with E-state index in [1.54, 1.807) is 0 Å². The maximum Gasteiger partial charge on any atom is 0.159 e. The lowest BCUT2D eigenvalue weighted by atomic mass is 9.89. The molecule has 0 aromatic heterocycles. The summed E-state index contributed by atoms with van der Waals surface area (Å²) in [5.41, 5.74) is 10.7. The molecule has 6 nitrogen and oxygen atoms in total. The molecule has 8 aromatic carbocycles. The Kier molecular flexibility index (Phi) is 9.26. The zero-order chi connectivity index (χ0) is 38.7. The van der Waals surface area contributed by atoms with E-state index in [0.29, 0.717) is 11.7 Å². The smallest absolute Gasteiger partial charge is 0.159 e. The lowest BCUT2D eigenvalue weighted by Crippen LogP contribution is -2.33. The van der Waals surface area contributed by atoms with Crippen LogP contribution in [0.25, 0.3) is 33.0 Å². The number of benzene rings is 8. The van der Waals surface area contributed by atoms with Gasteiger partial charge in [0.15, 0.2) is 11.7 Å². The van der Waals surface area contributed by atoms with Crippen LogP contribution in [-0.4, -0.2) is 23.3 Å². The third-order valence-electron chi connectivity index (χ3n) is 10.6. The number of hydrogen-bond acceptors (Lipinski definition) is 6. The summed E-state index contributed by atoms with van der Waals surface area (Å²) >= 11 is 0. The Labute approximate surface area is 337 Å². The van der Waals surface area contributed by atoms with Gasteiger partial charge in [-0.1, -0.05) is 206 Å². The third kappa shape index (κ3) is 6.99. The van der Waals surface area contributed by atoms with Gasteiger partial charge >= 0.3 is 0 Å².